The van der Waals surface area contributed by atoms with Crippen LogP contribution in [0, 0.1) is 0 Å². The number of hydrogen-bond donors (Lipinski definition) is 3. The summed E-state index contributed by atoms with van der Waals surface area (Å²) in [5, 5.41) is 10.1. The molecule has 1 aromatic heterocycles. The summed E-state index contributed by atoms with van der Waals surface area (Å²) in [6.07, 6.45) is 0. The van der Waals surface area contributed by atoms with Crippen LogP contribution in [0.15, 0.2) is 36.4 Å². The van der Waals surface area contributed by atoms with Crippen molar-refractivity contribution in [2.24, 2.45) is 0 Å². The fourth-order valence-electron chi connectivity index (χ4n) is 2.36. The van der Waals surface area contributed by atoms with Crippen LogP contribution < -0.4 is 16.2 Å². The van der Waals surface area contributed by atoms with Gasteiger partial charge in [-0.2, -0.15) is 0 Å². The van der Waals surface area contributed by atoms with Gasteiger partial charge in [0.25, 0.3) is 0 Å². The van der Waals surface area contributed by atoms with Crippen molar-refractivity contribution in [1.29, 1.82) is 0 Å². The lowest BCUT2D eigenvalue weighted by atomic mass is 9.96. The first-order chi connectivity index (χ1) is 10.1. The summed E-state index contributed by atoms with van der Waals surface area (Å²) in [6.45, 7) is 7.10. The van der Waals surface area contributed by atoms with Crippen LogP contribution in [0.1, 0.15) is 39.0 Å². The Labute approximate surface area is 130 Å². The maximum Gasteiger partial charge on any atom is 0.214 e. The molecular weight excluding hydrogens is 278 g/mol. The number of nitrogen functional groups attached to an aromatic ring is 2. The minimum Gasteiger partial charge on any atom is -0.467 e. The Bertz CT molecular complexity index is 676. The largest absolute Gasteiger partial charge is 0.467 e. The maximum atomic E-state index is 10.1. The molecule has 2 rings (SSSR count). The highest BCUT2D eigenvalue weighted by Gasteiger charge is 2.27. The fourth-order valence-corrected chi connectivity index (χ4v) is 2.36. The van der Waals surface area contributed by atoms with Gasteiger partial charge in [0.2, 0.25) is 5.88 Å². The minimum atomic E-state index is -1.14. The third-order valence-corrected chi connectivity index (χ3v) is 3.45. The molecular formula is C17H23N3O2. The number of ether oxygens (including phenoxy) is 1. The summed E-state index contributed by atoms with van der Waals surface area (Å²) in [5.74, 6) is 0.388. The van der Waals surface area contributed by atoms with Crippen molar-refractivity contribution in [2.75, 3.05) is 11.5 Å². The highest BCUT2D eigenvalue weighted by Crippen LogP contribution is 2.32. The zero-order valence-corrected chi connectivity index (χ0v) is 13.4. The zero-order chi connectivity index (χ0) is 16.5. The van der Waals surface area contributed by atoms with E-state index in [2.05, 4.69) is 4.98 Å². The van der Waals surface area contributed by atoms with Crippen molar-refractivity contribution in [3.05, 3.63) is 47.7 Å². The van der Waals surface area contributed by atoms with Gasteiger partial charge in [0, 0.05) is 17.3 Å². The second kappa shape index (κ2) is 5.50. The topological polar surface area (TPSA) is 94.4 Å². The number of benzene rings is 1. The summed E-state index contributed by atoms with van der Waals surface area (Å²) in [7, 11) is 0. The van der Waals surface area contributed by atoms with Crippen LogP contribution in [0.5, 0.6) is 5.88 Å². The molecule has 0 amide bonds. The van der Waals surface area contributed by atoms with Crippen molar-refractivity contribution in [2.45, 2.75) is 38.9 Å². The molecule has 0 atom stereocenters. The molecule has 0 bridgehead atoms. The van der Waals surface area contributed by atoms with E-state index in [1.54, 1.807) is 26.0 Å². The first-order valence-corrected chi connectivity index (χ1v) is 7.14. The summed E-state index contributed by atoms with van der Waals surface area (Å²) >= 11 is 0. The summed E-state index contributed by atoms with van der Waals surface area (Å²) < 4.78 is 6.00. The molecule has 2 aromatic rings. The monoisotopic (exact) mass is 301 g/mol. The van der Waals surface area contributed by atoms with E-state index in [9.17, 15) is 5.11 Å². The number of rotatable bonds is 4. The molecule has 0 aliphatic heterocycles. The van der Waals surface area contributed by atoms with Gasteiger partial charge in [-0.15, -0.1) is 0 Å². The van der Waals surface area contributed by atoms with Gasteiger partial charge in [-0.05, 0) is 39.8 Å². The van der Waals surface area contributed by atoms with E-state index in [0.717, 1.165) is 5.56 Å². The van der Waals surface area contributed by atoms with Gasteiger partial charge in [-0.1, -0.05) is 18.2 Å². The van der Waals surface area contributed by atoms with Gasteiger partial charge in [-0.3, -0.25) is 0 Å². The molecule has 5 heteroatoms. The number of hydrogen-bond acceptors (Lipinski definition) is 5. The van der Waals surface area contributed by atoms with Crippen molar-refractivity contribution >= 4 is 11.4 Å². The molecule has 1 heterocycles. The first kappa shape index (κ1) is 16.1. The van der Waals surface area contributed by atoms with Crippen LogP contribution in [0.25, 0.3) is 0 Å². The Kier molecular flexibility index (Phi) is 4.02. The third-order valence-electron chi connectivity index (χ3n) is 3.45. The normalized spacial score (nSPS) is 12.2. The van der Waals surface area contributed by atoms with Gasteiger partial charge >= 0.3 is 0 Å². The minimum absolute atomic E-state index is 0.388. The molecule has 0 aliphatic carbocycles. The predicted molar refractivity (Wildman–Crippen MR) is 88.4 cm³/mol. The Morgan fingerprint density at radius 3 is 2.18 bits per heavy atom. The summed E-state index contributed by atoms with van der Waals surface area (Å²) in [5.41, 5.74) is 12.4. The van der Waals surface area contributed by atoms with Crippen molar-refractivity contribution < 1.29 is 9.84 Å². The fraction of sp³-hybridized carbons (Fsp3) is 0.353. The molecule has 1 aromatic carbocycles. The Morgan fingerprint density at radius 1 is 0.955 bits per heavy atom. The number of nitrogens with zero attached hydrogens (tertiary/aromatic N) is 1. The molecule has 0 aliphatic rings. The maximum absolute atomic E-state index is 10.1. The average molecular weight is 301 g/mol. The van der Waals surface area contributed by atoms with Crippen molar-refractivity contribution in [3.63, 3.8) is 0 Å². The Balaban J connectivity index is 2.37. The zero-order valence-electron chi connectivity index (χ0n) is 13.4. The smallest absolute Gasteiger partial charge is 0.214 e. The van der Waals surface area contributed by atoms with Crippen LogP contribution in [0.2, 0.25) is 0 Å². The van der Waals surface area contributed by atoms with Gasteiger partial charge in [-0.25, -0.2) is 4.98 Å². The molecule has 5 N–H and O–H groups in total. The van der Waals surface area contributed by atoms with Gasteiger partial charge in [0.05, 0.1) is 11.4 Å². The van der Waals surface area contributed by atoms with Crippen LogP contribution in [0.3, 0.4) is 0 Å². The molecule has 0 unspecified atom stereocenters. The lowest BCUT2D eigenvalue weighted by Gasteiger charge is -2.28. The molecule has 0 spiro atoms. The molecule has 0 radical (unpaired) electrons. The lowest BCUT2D eigenvalue weighted by molar-refractivity contribution is 0.0691. The Morgan fingerprint density at radius 2 is 1.59 bits per heavy atom. The van der Waals surface area contributed by atoms with E-state index >= 15 is 0 Å². The molecule has 0 saturated heterocycles. The Hall–Kier alpha value is -2.27. The van der Waals surface area contributed by atoms with Gasteiger partial charge in [0.15, 0.2) is 0 Å². The SMILES string of the molecule is CC(C)(O)c1nc(OC(C)(C)c2ccccc2N)ccc1N. The standard InChI is InChI=1S/C17H23N3O2/c1-16(2,21)15-13(19)9-10-14(20-15)22-17(3,4)11-7-5-6-8-12(11)18/h5-10,21H,18-19H2,1-4H3. The molecule has 5 nitrogen and oxygen atoms in total. The van der Waals surface area contributed by atoms with Gasteiger partial charge in [0.1, 0.15) is 11.2 Å². The third kappa shape index (κ3) is 3.31. The van der Waals surface area contributed by atoms with Gasteiger partial charge < -0.3 is 21.3 Å². The molecule has 0 saturated carbocycles. The van der Waals surface area contributed by atoms with E-state index < -0.39 is 11.2 Å². The van der Waals surface area contributed by atoms with E-state index in [0.29, 0.717) is 22.9 Å². The number of para-hydroxylation sites is 1. The molecule has 0 fully saturated rings. The molecule has 118 valence electrons. The van der Waals surface area contributed by atoms with E-state index in [4.69, 9.17) is 16.2 Å². The van der Waals surface area contributed by atoms with Crippen molar-refractivity contribution in [1.82, 2.24) is 4.98 Å². The van der Waals surface area contributed by atoms with E-state index in [-0.39, 0.29) is 0 Å². The highest BCUT2D eigenvalue weighted by molar-refractivity contribution is 5.50. The number of anilines is 2. The molecule has 22 heavy (non-hydrogen) atoms. The number of aliphatic hydroxyl groups is 1. The quantitative estimate of drug-likeness (QED) is 0.755. The van der Waals surface area contributed by atoms with Crippen LogP contribution in [0.4, 0.5) is 11.4 Å². The summed E-state index contributed by atoms with van der Waals surface area (Å²) in [6, 6.07) is 10.9. The van der Waals surface area contributed by atoms with Crippen LogP contribution in [-0.2, 0) is 11.2 Å². The first-order valence-electron chi connectivity index (χ1n) is 7.14. The average Bonchev–Trinajstić information content (AvgIpc) is 2.39. The van der Waals surface area contributed by atoms with Crippen LogP contribution in [-0.4, -0.2) is 10.1 Å². The van der Waals surface area contributed by atoms with Crippen molar-refractivity contribution in [3.8, 4) is 5.88 Å². The lowest BCUT2D eigenvalue weighted by Crippen LogP contribution is -2.28. The number of pyridine rings is 1. The van der Waals surface area contributed by atoms with E-state index in [1.165, 1.54) is 0 Å². The highest BCUT2D eigenvalue weighted by atomic mass is 16.5. The second-order valence-corrected chi connectivity index (χ2v) is 6.35. The van der Waals surface area contributed by atoms with E-state index in [1.807, 2.05) is 38.1 Å². The predicted octanol–water partition coefficient (Wildman–Crippen LogP) is 2.79. The van der Waals surface area contributed by atoms with Crippen LogP contribution >= 0.6 is 0 Å². The summed E-state index contributed by atoms with van der Waals surface area (Å²) in [4.78, 5) is 4.35. The number of nitrogens with two attached hydrogens (primary N) is 2. The second-order valence-electron chi connectivity index (χ2n) is 6.35. The number of aromatic nitrogens is 1.